The summed E-state index contributed by atoms with van der Waals surface area (Å²) < 4.78 is 0. The fourth-order valence-corrected chi connectivity index (χ4v) is 2.15. The fraction of sp³-hybridized carbons (Fsp3) is 0.529. The molecular formula is C17H26N2O2. The molecule has 1 aromatic rings. The van der Waals surface area contributed by atoms with Crippen LogP contribution in [0.2, 0.25) is 0 Å². The van der Waals surface area contributed by atoms with Crippen LogP contribution in [-0.4, -0.2) is 29.3 Å². The largest absolute Gasteiger partial charge is 0.354 e. The molecule has 0 aromatic heterocycles. The molecule has 0 aliphatic carbocycles. The molecule has 1 atom stereocenters. The van der Waals surface area contributed by atoms with Gasteiger partial charge in [-0.25, -0.2) is 0 Å². The fourth-order valence-electron chi connectivity index (χ4n) is 2.15. The van der Waals surface area contributed by atoms with E-state index in [1.165, 1.54) is 0 Å². The van der Waals surface area contributed by atoms with Crippen LogP contribution in [0.25, 0.3) is 0 Å². The van der Waals surface area contributed by atoms with Crippen molar-refractivity contribution in [2.45, 2.75) is 53.1 Å². The Balaban J connectivity index is 2.88. The molecule has 0 saturated carbocycles. The van der Waals surface area contributed by atoms with Gasteiger partial charge in [0, 0.05) is 19.5 Å². The van der Waals surface area contributed by atoms with E-state index < -0.39 is 6.04 Å². The molecular weight excluding hydrogens is 264 g/mol. The Morgan fingerprint density at radius 3 is 2.48 bits per heavy atom. The lowest BCUT2D eigenvalue weighted by atomic mass is 10.1. The molecule has 116 valence electrons. The normalized spacial score (nSPS) is 11.8. The number of aryl methyl sites for hydroxylation is 1. The highest BCUT2D eigenvalue weighted by Crippen LogP contribution is 2.14. The summed E-state index contributed by atoms with van der Waals surface area (Å²) in [7, 11) is 0. The first kappa shape index (κ1) is 17.2. The van der Waals surface area contributed by atoms with Crippen LogP contribution >= 0.6 is 0 Å². The SMILES string of the molecule is CCCNC(=O)C(C)N(Cc1ccccc1C)C(=O)CC. The monoisotopic (exact) mass is 290 g/mol. The maximum atomic E-state index is 12.2. The maximum absolute atomic E-state index is 12.2. The summed E-state index contributed by atoms with van der Waals surface area (Å²) in [6.45, 7) is 8.75. The van der Waals surface area contributed by atoms with E-state index in [-0.39, 0.29) is 11.8 Å². The lowest BCUT2D eigenvalue weighted by Crippen LogP contribution is -2.47. The molecule has 0 saturated heterocycles. The lowest BCUT2D eigenvalue weighted by Gasteiger charge is -2.29. The van der Waals surface area contributed by atoms with Crippen LogP contribution in [0, 0.1) is 6.92 Å². The number of carbonyl (C=O) groups excluding carboxylic acids is 2. The van der Waals surface area contributed by atoms with Crippen molar-refractivity contribution in [3.63, 3.8) is 0 Å². The predicted octanol–water partition coefficient (Wildman–Crippen LogP) is 2.65. The van der Waals surface area contributed by atoms with E-state index in [2.05, 4.69) is 5.32 Å². The van der Waals surface area contributed by atoms with Crippen LogP contribution in [0.5, 0.6) is 0 Å². The van der Waals surface area contributed by atoms with Crippen molar-refractivity contribution >= 4 is 11.8 Å². The van der Waals surface area contributed by atoms with E-state index in [4.69, 9.17) is 0 Å². The first-order chi connectivity index (χ1) is 10.0. The minimum atomic E-state index is -0.455. The third-order valence-electron chi connectivity index (χ3n) is 3.62. The van der Waals surface area contributed by atoms with Gasteiger partial charge >= 0.3 is 0 Å². The summed E-state index contributed by atoms with van der Waals surface area (Å²) in [5.74, 6) is -0.0929. The van der Waals surface area contributed by atoms with Crippen molar-refractivity contribution in [3.8, 4) is 0 Å². The first-order valence-electron chi connectivity index (χ1n) is 7.62. The molecule has 2 amide bonds. The highest BCUT2D eigenvalue weighted by atomic mass is 16.2. The van der Waals surface area contributed by atoms with Crippen molar-refractivity contribution in [3.05, 3.63) is 35.4 Å². The molecule has 1 N–H and O–H groups in total. The molecule has 0 fully saturated rings. The molecule has 0 radical (unpaired) electrons. The van der Waals surface area contributed by atoms with Crippen molar-refractivity contribution < 1.29 is 9.59 Å². The van der Waals surface area contributed by atoms with Gasteiger partial charge in [0.1, 0.15) is 6.04 Å². The third-order valence-corrected chi connectivity index (χ3v) is 3.62. The zero-order chi connectivity index (χ0) is 15.8. The molecule has 0 heterocycles. The first-order valence-corrected chi connectivity index (χ1v) is 7.62. The number of hydrogen-bond donors (Lipinski definition) is 1. The standard InChI is InChI=1S/C17H26N2O2/c1-5-11-18-17(21)14(4)19(16(20)6-2)12-15-10-8-7-9-13(15)3/h7-10,14H,5-6,11-12H2,1-4H3,(H,18,21). The van der Waals surface area contributed by atoms with E-state index >= 15 is 0 Å². The summed E-state index contributed by atoms with van der Waals surface area (Å²) in [4.78, 5) is 26.0. The minimum absolute atomic E-state index is 0.00241. The number of carbonyl (C=O) groups is 2. The molecule has 0 aliphatic rings. The number of nitrogens with zero attached hydrogens (tertiary/aromatic N) is 1. The lowest BCUT2D eigenvalue weighted by molar-refractivity contribution is -0.140. The number of rotatable bonds is 7. The molecule has 0 bridgehead atoms. The average Bonchev–Trinajstić information content (AvgIpc) is 2.50. The predicted molar refractivity (Wildman–Crippen MR) is 84.8 cm³/mol. The quantitative estimate of drug-likeness (QED) is 0.839. The van der Waals surface area contributed by atoms with Gasteiger partial charge in [-0.1, -0.05) is 38.1 Å². The molecule has 0 aliphatic heterocycles. The number of amides is 2. The van der Waals surface area contributed by atoms with E-state index in [0.29, 0.717) is 19.5 Å². The average molecular weight is 290 g/mol. The summed E-state index contributed by atoms with van der Waals surface area (Å²) in [6.07, 6.45) is 1.29. The highest BCUT2D eigenvalue weighted by molar-refractivity contribution is 5.87. The second-order valence-corrected chi connectivity index (χ2v) is 5.27. The van der Waals surface area contributed by atoms with Crippen molar-refractivity contribution in [2.24, 2.45) is 0 Å². The zero-order valence-corrected chi connectivity index (χ0v) is 13.5. The Morgan fingerprint density at radius 2 is 1.90 bits per heavy atom. The summed E-state index contributed by atoms with van der Waals surface area (Å²) in [5.41, 5.74) is 2.21. The molecule has 4 heteroatoms. The topological polar surface area (TPSA) is 49.4 Å². The molecule has 4 nitrogen and oxygen atoms in total. The summed E-state index contributed by atoms with van der Waals surface area (Å²) in [6, 6.07) is 7.50. The molecule has 21 heavy (non-hydrogen) atoms. The van der Waals surface area contributed by atoms with Gasteiger partial charge in [-0.3, -0.25) is 9.59 Å². The van der Waals surface area contributed by atoms with E-state index in [1.54, 1.807) is 11.8 Å². The van der Waals surface area contributed by atoms with Crippen LogP contribution < -0.4 is 5.32 Å². The molecule has 1 rings (SSSR count). The Labute approximate surface area is 127 Å². The zero-order valence-electron chi connectivity index (χ0n) is 13.5. The van der Waals surface area contributed by atoms with Gasteiger partial charge < -0.3 is 10.2 Å². The molecule has 1 aromatic carbocycles. The van der Waals surface area contributed by atoms with Gasteiger partial charge in [-0.15, -0.1) is 0 Å². The van der Waals surface area contributed by atoms with Crippen LogP contribution in [0.3, 0.4) is 0 Å². The van der Waals surface area contributed by atoms with Crippen LogP contribution in [-0.2, 0) is 16.1 Å². The Hall–Kier alpha value is -1.84. The molecule has 1 unspecified atom stereocenters. The highest BCUT2D eigenvalue weighted by Gasteiger charge is 2.25. The third kappa shape index (κ3) is 4.88. The van der Waals surface area contributed by atoms with E-state index in [1.807, 2.05) is 45.0 Å². The Morgan fingerprint density at radius 1 is 1.24 bits per heavy atom. The maximum Gasteiger partial charge on any atom is 0.242 e. The second kappa shape index (κ2) is 8.45. The van der Waals surface area contributed by atoms with Gasteiger partial charge in [-0.05, 0) is 31.4 Å². The van der Waals surface area contributed by atoms with Gasteiger partial charge in [-0.2, -0.15) is 0 Å². The molecule has 0 spiro atoms. The van der Waals surface area contributed by atoms with Gasteiger partial charge in [0.25, 0.3) is 0 Å². The minimum Gasteiger partial charge on any atom is -0.354 e. The number of hydrogen-bond acceptors (Lipinski definition) is 2. The van der Waals surface area contributed by atoms with E-state index in [0.717, 1.165) is 17.5 Å². The van der Waals surface area contributed by atoms with Crippen molar-refractivity contribution in [1.82, 2.24) is 10.2 Å². The summed E-state index contributed by atoms with van der Waals surface area (Å²) >= 11 is 0. The smallest absolute Gasteiger partial charge is 0.242 e. The second-order valence-electron chi connectivity index (χ2n) is 5.27. The van der Waals surface area contributed by atoms with Crippen molar-refractivity contribution in [2.75, 3.05) is 6.54 Å². The van der Waals surface area contributed by atoms with Crippen LogP contribution in [0.1, 0.15) is 44.7 Å². The van der Waals surface area contributed by atoms with Gasteiger partial charge in [0.2, 0.25) is 11.8 Å². The Kier molecular flexibility index (Phi) is 6.92. The van der Waals surface area contributed by atoms with Gasteiger partial charge in [0.15, 0.2) is 0 Å². The Bertz CT molecular complexity index is 485. The van der Waals surface area contributed by atoms with Crippen LogP contribution in [0.15, 0.2) is 24.3 Å². The van der Waals surface area contributed by atoms with Gasteiger partial charge in [0.05, 0.1) is 0 Å². The number of nitrogens with one attached hydrogen (secondary N) is 1. The van der Waals surface area contributed by atoms with Crippen LogP contribution in [0.4, 0.5) is 0 Å². The number of benzene rings is 1. The summed E-state index contributed by atoms with van der Waals surface area (Å²) in [5, 5.41) is 2.86. The van der Waals surface area contributed by atoms with E-state index in [9.17, 15) is 9.59 Å². The van der Waals surface area contributed by atoms with Crippen molar-refractivity contribution in [1.29, 1.82) is 0 Å².